The van der Waals surface area contributed by atoms with E-state index >= 15 is 0 Å². The van der Waals surface area contributed by atoms with Crippen LogP contribution in [0.25, 0.3) is 10.4 Å². The predicted molar refractivity (Wildman–Crippen MR) is 127 cm³/mol. The zero-order valence-corrected chi connectivity index (χ0v) is 21.4. The smallest absolute Gasteiger partial charge is 0.357 e. The summed E-state index contributed by atoms with van der Waals surface area (Å²) in [5, 5.41) is 16.4. The topological polar surface area (TPSA) is 155 Å². The summed E-state index contributed by atoms with van der Waals surface area (Å²) in [5.41, 5.74) is 9.11. The van der Waals surface area contributed by atoms with E-state index in [1.54, 1.807) is 0 Å². The van der Waals surface area contributed by atoms with Crippen LogP contribution in [-0.2, 0) is 19.1 Å². The first-order chi connectivity index (χ1) is 16.1. The second kappa shape index (κ2) is 14.5. The molecule has 0 aromatic carbocycles. The van der Waals surface area contributed by atoms with E-state index in [-0.39, 0.29) is 37.1 Å². The molecule has 0 bridgehead atoms. The first-order valence-corrected chi connectivity index (χ1v) is 12.2. The molecule has 0 aliphatic rings. The number of amides is 1. The van der Waals surface area contributed by atoms with Gasteiger partial charge < -0.3 is 19.5 Å². The Hall–Kier alpha value is -2.69. The number of carbonyl (C=O) groups is 3. The number of rotatable bonds is 14. The first kappa shape index (κ1) is 29.3. The standard InChI is InChI=1S/C22H35N5O6S/c1-7-9-18(29)33-12-27(21(30)19(25-26-23)14(5)8-2)16(13(3)4)10-17(28)20-24-15(11-34-20)22(31)32-6/h11,13-14,16-17,19,28H,7-10,12H2,1-6H3/t14-,16+,17+,19-/m0/s1. The highest BCUT2D eigenvalue weighted by Crippen LogP contribution is 2.29. The molecule has 0 fully saturated rings. The summed E-state index contributed by atoms with van der Waals surface area (Å²) in [6.07, 6.45) is 0.395. The Morgan fingerprint density at radius 1 is 1.29 bits per heavy atom. The average Bonchev–Trinajstić information content (AvgIpc) is 3.31. The van der Waals surface area contributed by atoms with Crippen molar-refractivity contribution >= 4 is 29.2 Å². The van der Waals surface area contributed by atoms with Crippen molar-refractivity contribution in [2.24, 2.45) is 17.0 Å². The van der Waals surface area contributed by atoms with Gasteiger partial charge in [-0.15, -0.1) is 11.3 Å². The summed E-state index contributed by atoms with van der Waals surface area (Å²) in [7, 11) is 1.24. The summed E-state index contributed by atoms with van der Waals surface area (Å²) < 4.78 is 10.0. The Morgan fingerprint density at radius 3 is 2.50 bits per heavy atom. The van der Waals surface area contributed by atoms with E-state index in [4.69, 9.17) is 10.3 Å². The van der Waals surface area contributed by atoms with Gasteiger partial charge in [0.05, 0.1) is 7.11 Å². The van der Waals surface area contributed by atoms with Crippen LogP contribution in [0.5, 0.6) is 0 Å². The molecule has 0 saturated heterocycles. The quantitative estimate of drug-likeness (QED) is 0.132. The second-order valence-corrected chi connectivity index (χ2v) is 9.25. The van der Waals surface area contributed by atoms with Gasteiger partial charge in [0, 0.05) is 29.2 Å². The maximum absolute atomic E-state index is 13.5. The third-order valence-electron chi connectivity index (χ3n) is 5.55. The van der Waals surface area contributed by atoms with Crippen molar-refractivity contribution < 1.29 is 29.0 Å². The average molecular weight is 498 g/mol. The lowest BCUT2D eigenvalue weighted by Crippen LogP contribution is -2.50. The molecule has 12 heteroatoms. The predicted octanol–water partition coefficient (Wildman–Crippen LogP) is 4.23. The van der Waals surface area contributed by atoms with Crippen molar-refractivity contribution in [2.45, 2.75) is 78.5 Å². The number of aliphatic hydroxyl groups excluding tert-OH is 1. The fraction of sp³-hybridized carbons (Fsp3) is 0.727. The normalized spacial score (nSPS) is 14.5. The van der Waals surface area contributed by atoms with E-state index in [1.165, 1.54) is 17.4 Å². The van der Waals surface area contributed by atoms with Crippen LogP contribution in [-0.4, -0.2) is 58.8 Å². The van der Waals surface area contributed by atoms with Crippen molar-refractivity contribution in [1.82, 2.24) is 9.88 Å². The Labute approximate surface area is 204 Å². The molecule has 190 valence electrons. The summed E-state index contributed by atoms with van der Waals surface area (Å²) in [4.78, 5) is 45.6. The van der Waals surface area contributed by atoms with Crippen LogP contribution < -0.4 is 0 Å². The zero-order valence-electron chi connectivity index (χ0n) is 20.6. The number of esters is 2. The highest BCUT2D eigenvalue weighted by molar-refractivity contribution is 7.09. The van der Waals surface area contributed by atoms with Gasteiger partial charge in [0.2, 0.25) is 5.91 Å². The zero-order chi connectivity index (χ0) is 25.8. The van der Waals surface area contributed by atoms with Gasteiger partial charge in [-0.25, -0.2) is 9.78 Å². The van der Waals surface area contributed by atoms with Crippen molar-refractivity contribution in [3.8, 4) is 0 Å². The molecule has 0 unspecified atom stereocenters. The molecule has 0 aliphatic heterocycles. The molecule has 0 radical (unpaired) electrons. The highest BCUT2D eigenvalue weighted by atomic mass is 32.1. The van der Waals surface area contributed by atoms with Gasteiger partial charge in [-0.05, 0) is 23.8 Å². The molecule has 1 heterocycles. The molecule has 1 amide bonds. The minimum absolute atomic E-state index is 0.0757. The van der Waals surface area contributed by atoms with Gasteiger partial charge in [-0.1, -0.05) is 46.2 Å². The number of hydrogen-bond acceptors (Lipinski definition) is 9. The number of thiazole rings is 1. The summed E-state index contributed by atoms with van der Waals surface area (Å²) in [5.74, 6) is -1.92. The molecule has 0 spiro atoms. The van der Waals surface area contributed by atoms with E-state index in [0.717, 1.165) is 11.3 Å². The summed E-state index contributed by atoms with van der Waals surface area (Å²) >= 11 is 1.11. The van der Waals surface area contributed by atoms with Gasteiger partial charge >= 0.3 is 11.9 Å². The molecule has 1 aromatic rings. The van der Waals surface area contributed by atoms with Crippen LogP contribution in [0.15, 0.2) is 10.5 Å². The van der Waals surface area contributed by atoms with Crippen molar-refractivity contribution in [3.63, 3.8) is 0 Å². The van der Waals surface area contributed by atoms with Crippen LogP contribution >= 0.6 is 11.3 Å². The Kier molecular flexibility index (Phi) is 12.6. The molecular formula is C22H35N5O6S. The Balaban J connectivity index is 3.26. The highest BCUT2D eigenvalue weighted by Gasteiger charge is 2.35. The van der Waals surface area contributed by atoms with Crippen LogP contribution in [0, 0.1) is 11.8 Å². The van der Waals surface area contributed by atoms with Gasteiger partial charge in [0.1, 0.15) is 17.2 Å². The monoisotopic (exact) mass is 497 g/mol. The van der Waals surface area contributed by atoms with E-state index in [2.05, 4.69) is 19.7 Å². The number of nitrogens with zero attached hydrogens (tertiary/aromatic N) is 5. The summed E-state index contributed by atoms with van der Waals surface area (Å²) in [6.45, 7) is 8.95. The lowest BCUT2D eigenvalue weighted by molar-refractivity contribution is -0.158. The molecule has 1 N–H and O–H groups in total. The third-order valence-corrected chi connectivity index (χ3v) is 6.50. The number of methoxy groups -OCH3 is 1. The molecule has 0 saturated carbocycles. The van der Waals surface area contributed by atoms with Crippen LogP contribution in [0.3, 0.4) is 0 Å². The third kappa shape index (κ3) is 8.27. The van der Waals surface area contributed by atoms with E-state index in [0.29, 0.717) is 17.8 Å². The van der Waals surface area contributed by atoms with Crippen molar-refractivity contribution in [1.29, 1.82) is 0 Å². The van der Waals surface area contributed by atoms with E-state index in [9.17, 15) is 19.5 Å². The molecule has 1 rings (SSSR count). The Bertz CT molecular complexity index is 870. The molecule has 1 aromatic heterocycles. The number of aliphatic hydroxyl groups is 1. The van der Waals surface area contributed by atoms with Gasteiger partial charge in [0.15, 0.2) is 12.4 Å². The molecule has 34 heavy (non-hydrogen) atoms. The molecule has 11 nitrogen and oxygen atoms in total. The first-order valence-electron chi connectivity index (χ1n) is 11.3. The van der Waals surface area contributed by atoms with Crippen LogP contribution in [0.2, 0.25) is 0 Å². The fourth-order valence-corrected chi connectivity index (χ4v) is 4.11. The maximum Gasteiger partial charge on any atom is 0.357 e. The largest absolute Gasteiger partial charge is 0.464 e. The lowest BCUT2D eigenvalue weighted by atomic mass is 9.93. The lowest BCUT2D eigenvalue weighted by Gasteiger charge is -2.37. The molecular weight excluding hydrogens is 462 g/mol. The number of ether oxygens (including phenoxy) is 2. The minimum atomic E-state index is -1.08. The van der Waals surface area contributed by atoms with Crippen LogP contribution in [0.1, 0.15) is 81.9 Å². The number of aromatic nitrogens is 1. The van der Waals surface area contributed by atoms with E-state index < -0.39 is 36.0 Å². The van der Waals surface area contributed by atoms with Gasteiger partial charge in [-0.3, -0.25) is 9.59 Å². The SMILES string of the molecule is CCCC(=O)OCN(C(=O)[C@@H](N=[N+]=[N-])[C@@H](C)CC)[C@H](C[C@@H](O)c1nc(C(=O)OC)cs1)C(C)C. The fourth-order valence-electron chi connectivity index (χ4n) is 3.32. The van der Waals surface area contributed by atoms with Gasteiger partial charge in [-0.2, -0.15) is 0 Å². The Morgan fingerprint density at radius 2 is 1.97 bits per heavy atom. The number of carbonyl (C=O) groups excluding carboxylic acids is 3. The van der Waals surface area contributed by atoms with E-state index in [1.807, 2.05) is 34.6 Å². The van der Waals surface area contributed by atoms with Crippen molar-refractivity contribution in [2.75, 3.05) is 13.8 Å². The molecule has 4 atom stereocenters. The van der Waals surface area contributed by atoms with Crippen LogP contribution in [0.4, 0.5) is 0 Å². The number of hydrogen-bond donors (Lipinski definition) is 1. The minimum Gasteiger partial charge on any atom is -0.464 e. The molecule has 0 aliphatic carbocycles. The number of azide groups is 1. The van der Waals surface area contributed by atoms with Crippen molar-refractivity contribution in [3.05, 3.63) is 26.5 Å². The second-order valence-electron chi connectivity index (χ2n) is 8.36. The summed E-state index contributed by atoms with van der Waals surface area (Å²) in [6, 6.07) is -1.55. The maximum atomic E-state index is 13.5. The van der Waals surface area contributed by atoms with Gasteiger partial charge in [0.25, 0.3) is 0 Å².